The molecule has 0 bridgehead atoms. The highest BCUT2D eigenvalue weighted by atomic mass is 79.9. The normalized spacial score (nSPS) is 11.7. The number of nitrogens with zero attached hydrogens (tertiary/aromatic N) is 4. The van der Waals surface area contributed by atoms with Crippen LogP contribution in [0.2, 0.25) is 0 Å². The van der Waals surface area contributed by atoms with E-state index in [9.17, 15) is 18.1 Å². The molecule has 2 aromatic carbocycles. The van der Waals surface area contributed by atoms with E-state index in [2.05, 4.69) is 31.1 Å². The van der Waals surface area contributed by atoms with Gasteiger partial charge in [0.15, 0.2) is 5.82 Å². The number of aromatic nitrogens is 1. The van der Waals surface area contributed by atoms with Crippen molar-refractivity contribution in [3.05, 3.63) is 64.8 Å². The second kappa shape index (κ2) is 8.90. The molecule has 0 fully saturated rings. The number of azo groups is 1. The lowest BCUT2D eigenvalue weighted by atomic mass is 10.1. The van der Waals surface area contributed by atoms with Crippen molar-refractivity contribution in [2.24, 2.45) is 10.2 Å². The first-order valence-corrected chi connectivity index (χ1v) is 11.1. The van der Waals surface area contributed by atoms with Crippen LogP contribution in [0.3, 0.4) is 0 Å². The first-order valence-electron chi connectivity index (χ1n) is 8.91. The van der Waals surface area contributed by atoms with Crippen LogP contribution in [-0.2, 0) is 10.1 Å². The summed E-state index contributed by atoms with van der Waals surface area (Å²) in [5.41, 5.74) is 2.12. The second-order valence-corrected chi connectivity index (χ2v) is 8.68. The van der Waals surface area contributed by atoms with Crippen molar-refractivity contribution in [1.82, 2.24) is 4.98 Å². The molecular formula is C20H19BrN4O4S. The molecule has 0 aliphatic heterocycles. The molecule has 0 saturated heterocycles. The Balaban J connectivity index is 1.88. The summed E-state index contributed by atoms with van der Waals surface area (Å²) in [5, 5.41) is 18.4. The van der Waals surface area contributed by atoms with Gasteiger partial charge in [0.1, 0.15) is 11.4 Å². The summed E-state index contributed by atoms with van der Waals surface area (Å²) in [6, 6.07) is 13.1. The van der Waals surface area contributed by atoms with E-state index in [1.807, 2.05) is 11.8 Å². The molecule has 30 heavy (non-hydrogen) atoms. The summed E-state index contributed by atoms with van der Waals surface area (Å²) < 4.78 is 33.0. The van der Waals surface area contributed by atoms with Crippen LogP contribution in [0.25, 0.3) is 0 Å². The maximum atomic E-state index is 11.4. The number of anilines is 2. The van der Waals surface area contributed by atoms with Crippen molar-refractivity contribution in [1.29, 1.82) is 0 Å². The van der Waals surface area contributed by atoms with E-state index in [1.54, 1.807) is 55.6 Å². The monoisotopic (exact) mass is 490 g/mol. The van der Waals surface area contributed by atoms with Gasteiger partial charge in [-0.25, -0.2) is 4.98 Å². The van der Waals surface area contributed by atoms with Gasteiger partial charge >= 0.3 is 0 Å². The van der Waals surface area contributed by atoms with Gasteiger partial charge in [0.2, 0.25) is 0 Å². The number of phenolic OH excluding ortho intramolecular Hbond substituents is 1. The molecule has 0 atom stereocenters. The number of aromatic hydroxyl groups is 1. The van der Waals surface area contributed by atoms with Crippen LogP contribution >= 0.6 is 15.9 Å². The van der Waals surface area contributed by atoms with Crippen molar-refractivity contribution in [2.75, 3.05) is 11.4 Å². The van der Waals surface area contributed by atoms with E-state index in [-0.39, 0.29) is 16.3 Å². The number of rotatable bonds is 6. The average Bonchev–Trinajstić information content (AvgIpc) is 2.68. The number of aryl methyl sites for hydroxylation is 1. The van der Waals surface area contributed by atoms with Crippen molar-refractivity contribution in [3.63, 3.8) is 0 Å². The maximum absolute atomic E-state index is 11.4. The third-order valence-corrected chi connectivity index (χ3v) is 5.79. The summed E-state index contributed by atoms with van der Waals surface area (Å²) >= 11 is 3.30. The van der Waals surface area contributed by atoms with Crippen molar-refractivity contribution < 1.29 is 18.1 Å². The fraction of sp³-hybridized carbons (Fsp3) is 0.150. The average molecular weight is 491 g/mol. The quantitative estimate of drug-likeness (QED) is 0.339. The minimum Gasteiger partial charge on any atom is -0.506 e. The first-order chi connectivity index (χ1) is 14.2. The van der Waals surface area contributed by atoms with Gasteiger partial charge in [0.05, 0.1) is 4.90 Å². The second-order valence-electron chi connectivity index (χ2n) is 6.38. The van der Waals surface area contributed by atoms with Crippen molar-refractivity contribution >= 4 is 48.9 Å². The Morgan fingerprint density at radius 1 is 1.07 bits per heavy atom. The summed E-state index contributed by atoms with van der Waals surface area (Å²) in [6.07, 6.45) is 1.60. The van der Waals surface area contributed by atoms with E-state index in [1.165, 1.54) is 6.07 Å². The molecule has 3 aromatic rings. The Bertz CT molecular complexity index is 1200. The molecule has 0 spiro atoms. The topological polar surface area (TPSA) is 115 Å². The summed E-state index contributed by atoms with van der Waals surface area (Å²) in [4.78, 5) is 5.85. The van der Waals surface area contributed by atoms with E-state index in [0.29, 0.717) is 23.6 Å². The van der Waals surface area contributed by atoms with Gasteiger partial charge in [-0.2, -0.15) is 8.42 Å². The molecule has 0 aliphatic carbocycles. The summed E-state index contributed by atoms with van der Waals surface area (Å²) in [5.74, 6) is 0.351. The van der Waals surface area contributed by atoms with E-state index in [0.717, 1.165) is 10.2 Å². The number of phenols is 1. The number of benzene rings is 2. The standard InChI is InChI=1S/C20H19BrN4O4S/c1-3-25(15-6-8-19(13(2)10-15)30(27,28)29)16-5-7-17(18(26)11-16)23-24-20-9-4-14(21)12-22-20/h4-12,26H,3H2,1-2H3,(H,27,28,29)/b24-23+. The molecule has 0 amide bonds. The van der Waals surface area contributed by atoms with Gasteiger partial charge in [0, 0.05) is 34.7 Å². The molecule has 0 aliphatic rings. The summed E-state index contributed by atoms with van der Waals surface area (Å²) in [7, 11) is -4.28. The van der Waals surface area contributed by atoms with Crippen molar-refractivity contribution in [2.45, 2.75) is 18.7 Å². The third-order valence-electron chi connectivity index (χ3n) is 4.31. The zero-order chi connectivity index (χ0) is 21.9. The SMILES string of the molecule is CCN(c1ccc(S(=O)(=O)O)c(C)c1)c1ccc(/N=N/c2ccc(Br)cn2)c(O)c1. The fourth-order valence-corrected chi connectivity index (χ4v) is 3.84. The third kappa shape index (κ3) is 5.02. The van der Waals surface area contributed by atoms with Crippen LogP contribution in [0.1, 0.15) is 12.5 Å². The lowest BCUT2D eigenvalue weighted by molar-refractivity contribution is 0.476. The summed E-state index contributed by atoms with van der Waals surface area (Å²) in [6.45, 7) is 4.10. The highest BCUT2D eigenvalue weighted by molar-refractivity contribution is 9.10. The van der Waals surface area contributed by atoms with Crippen molar-refractivity contribution in [3.8, 4) is 5.75 Å². The van der Waals surface area contributed by atoms with Crippen LogP contribution in [-0.4, -0.2) is 29.6 Å². The molecule has 0 saturated carbocycles. The van der Waals surface area contributed by atoms with Gasteiger partial charge in [-0.1, -0.05) is 0 Å². The molecule has 10 heteroatoms. The zero-order valence-electron chi connectivity index (χ0n) is 16.2. The van der Waals surface area contributed by atoms with Gasteiger partial charge < -0.3 is 10.0 Å². The Hall–Kier alpha value is -2.82. The lowest BCUT2D eigenvalue weighted by Gasteiger charge is -2.24. The van der Waals surface area contributed by atoms with Crippen LogP contribution in [0.4, 0.5) is 22.9 Å². The minimum atomic E-state index is -4.28. The predicted molar refractivity (Wildman–Crippen MR) is 118 cm³/mol. The molecule has 1 aromatic heterocycles. The Morgan fingerprint density at radius 3 is 2.33 bits per heavy atom. The van der Waals surface area contributed by atoms with Crippen LogP contribution in [0, 0.1) is 6.92 Å². The molecule has 0 unspecified atom stereocenters. The first kappa shape index (κ1) is 21.9. The maximum Gasteiger partial charge on any atom is 0.294 e. The molecule has 0 radical (unpaired) electrons. The molecule has 3 rings (SSSR count). The van der Waals surface area contributed by atoms with Crippen LogP contribution in [0.15, 0.2) is 74.3 Å². The van der Waals surface area contributed by atoms with E-state index in [4.69, 9.17) is 0 Å². The number of hydrogen-bond acceptors (Lipinski definition) is 7. The highest BCUT2D eigenvalue weighted by Crippen LogP contribution is 2.35. The van der Waals surface area contributed by atoms with Gasteiger partial charge in [-0.3, -0.25) is 4.55 Å². The van der Waals surface area contributed by atoms with Crippen LogP contribution in [0.5, 0.6) is 5.75 Å². The Morgan fingerprint density at radius 2 is 1.77 bits per heavy atom. The lowest BCUT2D eigenvalue weighted by Crippen LogP contribution is -2.16. The minimum absolute atomic E-state index is 0.0573. The Labute approximate surface area is 182 Å². The number of halogens is 1. The fourth-order valence-electron chi connectivity index (χ4n) is 2.90. The molecule has 1 heterocycles. The largest absolute Gasteiger partial charge is 0.506 e. The predicted octanol–water partition coefficient (Wildman–Crippen LogP) is 5.68. The van der Waals surface area contributed by atoms with Gasteiger partial charge in [0.25, 0.3) is 10.1 Å². The smallest absolute Gasteiger partial charge is 0.294 e. The number of hydrogen-bond donors (Lipinski definition) is 2. The van der Waals surface area contributed by atoms with E-state index < -0.39 is 10.1 Å². The Kier molecular flexibility index (Phi) is 6.49. The molecule has 8 nitrogen and oxygen atoms in total. The highest BCUT2D eigenvalue weighted by Gasteiger charge is 2.16. The van der Waals surface area contributed by atoms with Gasteiger partial charge in [-0.05, 0) is 77.8 Å². The van der Waals surface area contributed by atoms with Gasteiger partial charge in [-0.15, -0.1) is 10.2 Å². The zero-order valence-corrected chi connectivity index (χ0v) is 18.6. The molecule has 156 valence electrons. The van der Waals surface area contributed by atoms with Crippen LogP contribution < -0.4 is 4.90 Å². The van der Waals surface area contributed by atoms with E-state index >= 15 is 0 Å². The molecule has 2 N–H and O–H groups in total. The number of pyridine rings is 1. The molecular weight excluding hydrogens is 472 g/mol.